The number of aliphatic hydroxyl groups is 1. The van der Waals surface area contributed by atoms with Gasteiger partial charge in [-0.2, -0.15) is 11.8 Å². The van der Waals surface area contributed by atoms with E-state index in [4.69, 9.17) is 0 Å². The van der Waals surface area contributed by atoms with Crippen molar-refractivity contribution in [1.82, 2.24) is 10.2 Å². The van der Waals surface area contributed by atoms with Gasteiger partial charge in [-0.05, 0) is 31.4 Å². The first kappa shape index (κ1) is 15.6. The molecule has 2 atom stereocenters. The normalized spacial score (nSPS) is 27.9. The highest BCUT2D eigenvalue weighted by Crippen LogP contribution is 2.27. The molecule has 2 saturated heterocycles. The van der Waals surface area contributed by atoms with Crippen LogP contribution in [0.5, 0.6) is 0 Å². The summed E-state index contributed by atoms with van der Waals surface area (Å²) in [6.07, 6.45) is 3.79. The molecule has 6 heteroatoms. The largest absolute Gasteiger partial charge is 0.379 e. The van der Waals surface area contributed by atoms with E-state index in [1.165, 1.54) is 0 Å². The number of hydrogen-bond donors (Lipinski definition) is 2. The highest BCUT2D eigenvalue weighted by molar-refractivity contribution is 7.99. The van der Waals surface area contributed by atoms with Crippen molar-refractivity contribution in [3.8, 4) is 0 Å². The van der Waals surface area contributed by atoms with Gasteiger partial charge in [-0.25, -0.2) is 0 Å². The highest BCUT2D eigenvalue weighted by atomic mass is 32.2. The van der Waals surface area contributed by atoms with Crippen LogP contribution in [0.15, 0.2) is 0 Å². The Bertz CT molecular complexity index is 369. The second kappa shape index (κ2) is 6.80. The third kappa shape index (κ3) is 3.47. The molecule has 0 aromatic carbocycles. The maximum absolute atomic E-state index is 12.0. The number of rotatable bonds is 6. The fourth-order valence-corrected chi connectivity index (χ4v) is 4.13. The average Bonchev–Trinajstić information content (AvgIpc) is 3.05. The van der Waals surface area contributed by atoms with Crippen LogP contribution in [0.4, 0.5) is 0 Å². The lowest BCUT2D eigenvalue weighted by molar-refractivity contribution is -0.137. The quantitative estimate of drug-likeness (QED) is 0.760. The van der Waals surface area contributed by atoms with Gasteiger partial charge in [-0.15, -0.1) is 0 Å². The summed E-state index contributed by atoms with van der Waals surface area (Å²) in [5.74, 6) is 1.30. The zero-order chi connectivity index (χ0) is 14.6. The Balaban J connectivity index is 1.76. The van der Waals surface area contributed by atoms with Gasteiger partial charge in [0.15, 0.2) is 5.60 Å². The minimum Gasteiger partial charge on any atom is -0.379 e. The zero-order valence-corrected chi connectivity index (χ0v) is 12.9. The second-order valence-corrected chi connectivity index (χ2v) is 6.74. The second-order valence-electron chi connectivity index (χ2n) is 5.63. The molecule has 2 heterocycles. The molecule has 0 aromatic rings. The molecule has 114 valence electrons. The minimum absolute atomic E-state index is 0.206. The van der Waals surface area contributed by atoms with Crippen molar-refractivity contribution >= 4 is 23.6 Å². The molecule has 2 rings (SSSR count). The summed E-state index contributed by atoms with van der Waals surface area (Å²) >= 11 is 1.61. The monoisotopic (exact) mass is 300 g/mol. The average molecular weight is 300 g/mol. The number of hydrogen-bond acceptors (Lipinski definition) is 4. The summed E-state index contributed by atoms with van der Waals surface area (Å²) in [4.78, 5) is 25.6. The van der Waals surface area contributed by atoms with E-state index in [2.05, 4.69) is 12.2 Å². The van der Waals surface area contributed by atoms with Crippen molar-refractivity contribution in [2.24, 2.45) is 0 Å². The van der Waals surface area contributed by atoms with Gasteiger partial charge < -0.3 is 15.3 Å². The van der Waals surface area contributed by atoms with Gasteiger partial charge in [0.25, 0.3) is 5.91 Å². The van der Waals surface area contributed by atoms with Gasteiger partial charge in [0.2, 0.25) is 5.91 Å². The van der Waals surface area contributed by atoms with Crippen molar-refractivity contribution < 1.29 is 14.7 Å². The van der Waals surface area contributed by atoms with E-state index in [0.717, 1.165) is 31.6 Å². The first-order valence-corrected chi connectivity index (χ1v) is 8.60. The van der Waals surface area contributed by atoms with Crippen LogP contribution >= 0.6 is 11.8 Å². The summed E-state index contributed by atoms with van der Waals surface area (Å²) in [6, 6.07) is 0.206. The Morgan fingerprint density at radius 1 is 1.60 bits per heavy atom. The van der Waals surface area contributed by atoms with Gasteiger partial charge in [-0.3, -0.25) is 9.59 Å². The van der Waals surface area contributed by atoms with E-state index >= 15 is 0 Å². The minimum atomic E-state index is -1.18. The molecule has 0 aliphatic carbocycles. The molecule has 5 nitrogen and oxygen atoms in total. The fourth-order valence-electron chi connectivity index (χ4n) is 2.89. The van der Waals surface area contributed by atoms with Crippen molar-refractivity contribution in [2.45, 2.75) is 50.7 Å². The van der Waals surface area contributed by atoms with Crippen LogP contribution in [0.3, 0.4) is 0 Å². The van der Waals surface area contributed by atoms with Gasteiger partial charge in [0, 0.05) is 31.3 Å². The lowest BCUT2D eigenvalue weighted by atomic mass is 10.0. The molecule has 0 saturated carbocycles. The number of nitrogens with one attached hydrogen (secondary N) is 1. The lowest BCUT2D eigenvalue weighted by Gasteiger charge is -2.27. The molecule has 2 aliphatic rings. The van der Waals surface area contributed by atoms with Crippen molar-refractivity contribution in [2.75, 3.05) is 24.6 Å². The molecule has 0 unspecified atom stereocenters. The summed E-state index contributed by atoms with van der Waals surface area (Å²) in [6.45, 7) is 3.43. The maximum Gasteiger partial charge on any atom is 0.252 e. The number of carbonyl (C=O) groups excluding carboxylic acids is 2. The first-order valence-electron chi connectivity index (χ1n) is 7.45. The fraction of sp³-hybridized carbons (Fsp3) is 0.857. The summed E-state index contributed by atoms with van der Waals surface area (Å²) < 4.78 is 0. The number of amides is 2. The smallest absolute Gasteiger partial charge is 0.252 e. The maximum atomic E-state index is 12.0. The highest BCUT2D eigenvalue weighted by Gasteiger charge is 2.39. The predicted molar refractivity (Wildman–Crippen MR) is 79.5 cm³/mol. The van der Waals surface area contributed by atoms with Crippen LogP contribution in [0.2, 0.25) is 0 Å². The molecule has 2 fully saturated rings. The molecule has 0 radical (unpaired) electrons. The van der Waals surface area contributed by atoms with E-state index in [-0.39, 0.29) is 17.9 Å². The Morgan fingerprint density at radius 3 is 2.95 bits per heavy atom. The Kier molecular flexibility index (Phi) is 5.32. The van der Waals surface area contributed by atoms with E-state index in [1.807, 2.05) is 4.90 Å². The Morgan fingerprint density at radius 2 is 2.40 bits per heavy atom. The lowest BCUT2D eigenvalue weighted by Crippen LogP contribution is -2.48. The molecule has 2 aliphatic heterocycles. The summed E-state index contributed by atoms with van der Waals surface area (Å²) in [7, 11) is 0. The number of carbonyl (C=O) groups is 2. The molecule has 2 N–H and O–H groups in total. The van der Waals surface area contributed by atoms with Crippen LogP contribution in [0, 0.1) is 0 Å². The van der Waals surface area contributed by atoms with Crippen LogP contribution in [-0.2, 0) is 9.59 Å². The van der Waals surface area contributed by atoms with Crippen LogP contribution in [-0.4, -0.2) is 58.1 Å². The molecule has 0 bridgehead atoms. The van der Waals surface area contributed by atoms with Crippen molar-refractivity contribution in [1.29, 1.82) is 0 Å². The number of likely N-dealkylation sites (tertiary alicyclic amines) is 1. The molecule has 2 amide bonds. The predicted octanol–water partition coefficient (Wildman–Crippen LogP) is 0.762. The summed E-state index contributed by atoms with van der Waals surface area (Å²) in [5, 5.41) is 13.0. The van der Waals surface area contributed by atoms with E-state index in [9.17, 15) is 14.7 Å². The Labute approximate surface area is 124 Å². The topological polar surface area (TPSA) is 69.6 Å². The molecular weight excluding hydrogens is 276 g/mol. The van der Waals surface area contributed by atoms with Crippen LogP contribution in [0.1, 0.15) is 39.0 Å². The Hall–Kier alpha value is -0.750. The van der Waals surface area contributed by atoms with Crippen LogP contribution in [0.25, 0.3) is 0 Å². The molecule has 20 heavy (non-hydrogen) atoms. The zero-order valence-electron chi connectivity index (χ0n) is 12.1. The van der Waals surface area contributed by atoms with E-state index in [0.29, 0.717) is 25.1 Å². The number of nitrogens with zero attached hydrogens (tertiary/aromatic N) is 1. The van der Waals surface area contributed by atoms with Gasteiger partial charge in [0.05, 0.1) is 0 Å². The standard InChI is InChI=1S/C14H24N2O3S/c1-2-11(16-8-3-4-12(16)17)5-7-15-13(18)14(19)6-9-20-10-14/h11,19H,2-10H2,1H3,(H,15,18)/t11-,14-/m1/s1. The molecule has 0 spiro atoms. The van der Waals surface area contributed by atoms with Crippen LogP contribution < -0.4 is 5.32 Å². The van der Waals surface area contributed by atoms with E-state index in [1.54, 1.807) is 11.8 Å². The van der Waals surface area contributed by atoms with Gasteiger partial charge in [-0.1, -0.05) is 6.92 Å². The van der Waals surface area contributed by atoms with E-state index < -0.39 is 5.60 Å². The molecule has 0 aromatic heterocycles. The first-order chi connectivity index (χ1) is 9.57. The SMILES string of the molecule is CC[C@H](CCNC(=O)[C@@]1(O)CCSC1)N1CCCC1=O. The van der Waals surface area contributed by atoms with Crippen molar-refractivity contribution in [3.63, 3.8) is 0 Å². The van der Waals surface area contributed by atoms with Crippen molar-refractivity contribution in [3.05, 3.63) is 0 Å². The number of thioether (sulfide) groups is 1. The van der Waals surface area contributed by atoms with Gasteiger partial charge in [0.1, 0.15) is 0 Å². The van der Waals surface area contributed by atoms with Gasteiger partial charge >= 0.3 is 0 Å². The third-order valence-electron chi connectivity index (χ3n) is 4.21. The third-order valence-corrected chi connectivity index (χ3v) is 5.38. The summed E-state index contributed by atoms with van der Waals surface area (Å²) in [5.41, 5.74) is -1.18. The molecular formula is C14H24N2O3S.